The second-order valence-corrected chi connectivity index (χ2v) is 7.14. The summed E-state index contributed by atoms with van der Waals surface area (Å²) in [5.41, 5.74) is 2.79. The van der Waals surface area contributed by atoms with Crippen molar-refractivity contribution in [3.8, 4) is 11.5 Å². The fourth-order valence-electron chi connectivity index (χ4n) is 2.96. The molecule has 0 fully saturated rings. The molecule has 0 bridgehead atoms. The van der Waals surface area contributed by atoms with E-state index in [-0.39, 0.29) is 6.03 Å². The molecule has 1 aliphatic heterocycles. The van der Waals surface area contributed by atoms with Crippen LogP contribution in [0.2, 0.25) is 0 Å². The first-order chi connectivity index (χ1) is 13.7. The first kappa shape index (κ1) is 18.4. The number of benzene rings is 2. The molecule has 28 heavy (non-hydrogen) atoms. The van der Waals surface area contributed by atoms with Gasteiger partial charge in [0, 0.05) is 42.1 Å². The Morgan fingerprint density at radius 3 is 2.64 bits per heavy atom. The maximum Gasteiger partial charge on any atom is 0.319 e. The van der Waals surface area contributed by atoms with Gasteiger partial charge in [0.2, 0.25) is 0 Å². The number of imidazole rings is 1. The zero-order chi connectivity index (χ0) is 19.3. The minimum absolute atomic E-state index is 0.296. The molecule has 0 unspecified atom stereocenters. The number of carbonyl (C=O) groups excluding carboxylic acids is 1. The molecule has 0 aliphatic carbocycles. The molecule has 1 aliphatic rings. The molecule has 3 aromatic rings. The van der Waals surface area contributed by atoms with E-state index in [2.05, 4.69) is 31.5 Å². The van der Waals surface area contributed by atoms with Gasteiger partial charge in [0.25, 0.3) is 0 Å². The first-order valence-corrected chi connectivity index (χ1v) is 9.65. The summed E-state index contributed by atoms with van der Waals surface area (Å²) in [6.07, 6.45) is 5.44. The number of hydrogen-bond donors (Lipinski definition) is 2. The second-order valence-electron chi connectivity index (χ2n) is 6.29. The van der Waals surface area contributed by atoms with Crippen molar-refractivity contribution >= 4 is 27.6 Å². The van der Waals surface area contributed by atoms with Gasteiger partial charge in [0.15, 0.2) is 11.5 Å². The van der Waals surface area contributed by atoms with Crippen LogP contribution in [0.3, 0.4) is 0 Å². The lowest BCUT2D eigenvalue weighted by molar-refractivity contribution is 0.171. The highest BCUT2D eigenvalue weighted by Gasteiger charge is 2.16. The van der Waals surface area contributed by atoms with Gasteiger partial charge in [-0.25, -0.2) is 9.78 Å². The summed E-state index contributed by atoms with van der Waals surface area (Å²) in [5.74, 6) is 1.29. The van der Waals surface area contributed by atoms with Crippen LogP contribution in [0.5, 0.6) is 11.5 Å². The lowest BCUT2D eigenvalue weighted by atomic mass is 10.1. The lowest BCUT2D eigenvalue weighted by Gasteiger charge is -2.20. The van der Waals surface area contributed by atoms with Crippen molar-refractivity contribution in [2.75, 3.05) is 18.5 Å². The number of amides is 2. The fraction of sp³-hybridized carbons (Fsp3) is 0.200. The highest BCUT2D eigenvalue weighted by Crippen LogP contribution is 2.38. The van der Waals surface area contributed by atoms with Gasteiger partial charge in [-0.3, -0.25) is 0 Å². The van der Waals surface area contributed by atoms with E-state index in [4.69, 9.17) is 9.47 Å². The number of ether oxygens (including phenoxy) is 2. The molecule has 2 aromatic carbocycles. The van der Waals surface area contributed by atoms with Crippen LogP contribution in [-0.2, 0) is 13.1 Å². The molecule has 0 saturated heterocycles. The number of anilines is 1. The third kappa shape index (κ3) is 4.28. The average Bonchev–Trinajstić information content (AvgIpc) is 3.21. The molecule has 2 amide bonds. The average molecular weight is 443 g/mol. The zero-order valence-corrected chi connectivity index (χ0v) is 16.6. The van der Waals surface area contributed by atoms with Gasteiger partial charge in [-0.2, -0.15) is 0 Å². The second kappa shape index (κ2) is 8.35. The fourth-order valence-corrected chi connectivity index (χ4v) is 3.38. The van der Waals surface area contributed by atoms with Gasteiger partial charge in [-0.05, 0) is 27.1 Å². The number of nitrogens with zero attached hydrogens (tertiary/aromatic N) is 2. The van der Waals surface area contributed by atoms with Crippen molar-refractivity contribution in [1.82, 2.24) is 14.9 Å². The van der Waals surface area contributed by atoms with E-state index in [1.54, 1.807) is 24.7 Å². The van der Waals surface area contributed by atoms with Gasteiger partial charge in [-0.15, -0.1) is 0 Å². The van der Waals surface area contributed by atoms with Crippen LogP contribution < -0.4 is 20.1 Å². The molecule has 1 aromatic heterocycles. The monoisotopic (exact) mass is 442 g/mol. The Balaban J connectivity index is 1.40. The maximum absolute atomic E-state index is 12.4. The summed E-state index contributed by atoms with van der Waals surface area (Å²) in [6.45, 7) is 2.13. The van der Waals surface area contributed by atoms with Gasteiger partial charge < -0.3 is 24.7 Å². The number of rotatable bonds is 5. The predicted octanol–water partition coefficient (Wildman–Crippen LogP) is 3.79. The number of carbonyl (C=O) groups is 1. The van der Waals surface area contributed by atoms with E-state index < -0.39 is 0 Å². The minimum Gasteiger partial charge on any atom is -0.486 e. The Morgan fingerprint density at radius 2 is 1.89 bits per heavy atom. The molecule has 0 spiro atoms. The molecule has 0 radical (unpaired) electrons. The van der Waals surface area contributed by atoms with E-state index in [9.17, 15) is 4.79 Å². The number of halogens is 1. The lowest BCUT2D eigenvalue weighted by Crippen LogP contribution is -2.29. The SMILES string of the molecule is O=C(NCc1ccccc1Cn1ccnc1)Nc1cc2c(cc1Br)OCCO2. The van der Waals surface area contributed by atoms with Crippen LogP contribution in [0, 0.1) is 0 Å². The largest absolute Gasteiger partial charge is 0.486 e. The van der Waals surface area contributed by atoms with Crippen molar-refractivity contribution in [3.63, 3.8) is 0 Å². The molecule has 0 saturated carbocycles. The molecule has 2 heterocycles. The number of urea groups is 1. The number of nitrogens with one attached hydrogen (secondary N) is 2. The van der Waals surface area contributed by atoms with E-state index in [0.29, 0.717) is 43.5 Å². The van der Waals surface area contributed by atoms with E-state index in [1.165, 1.54) is 0 Å². The molecular weight excluding hydrogens is 424 g/mol. The Hall–Kier alpha value is -3.00. The van der Waals surface area contributed by atoms with Crippen molar-refractivity contribution in [2.24, 2.45) is 0 Å². The summed E-state index contributed by atoms with van der Waals surface area (Å²) in [6, 6.07) is 11.3. The van der Waals surface area contributed by atoms with Crippen LogP contribution in [0.15, 0.2) is 59.6 Å². The number of aromatic nitrogens is 2. The Kier molecular flexibility index (Phi) is 5.48. The van der Waals surface area contributed by atoms with Crippen LogP contribution >= 0.6 is 15.9 Å². The van der Waals surface area contributed by atoms with Crippen LogP contribution in [0.1, 0.15) is 11.1 Å². The van der Waals surface area contributed by atoms with Crippen LogP contribution in [0.4, 0.5) is 10.5 Å². The van der Waals surface area contributed by atoms with E-state index >= 15 is 0 Å². The highest BCUT2D eigenvalue weighted by molar-refractivity contribution is 9.10. The molecule has 0 atom stereocenters. The Morgan fingerprint density at radius 1 is 1.14 bits per heavy atom. The molecular formula is C20H19BrN4O3. The third-order valence-electron chi connectivity index (χ3n) is 4.35. The number of fused-ring (bicyclic) bond motifs is 1. The van der Waals surface area contributed by atoms with Gasteiger partial charge in [-0.1, -0.05) is 24.3 Å². The standard InChI is InChI=1S/C20H19BrN4O3/c21-16-9-18-19(28-8-7-27-18)10-17(16)24-20(26)23-11-14-3-1-2-4-15(14)12-25-6-5-22-13-25/h1-6,9-10,13H,7-8,11-12H2,(H2,23,24,26). The van der Waals surface area contributed by atoms with Crippen LogP contribution in [0.25, 0.3) is 0 Å². The molecule has 144 valence electrons. The Labute approximate surface area is 170 Å². The molecule has 2 N–H and O–H groups in total. The van der Waals surface area contributed by atoms with Gasteiger partial charge in [0.1, 0.15) is 13.2 Å². The van der Waals surface area contributed by atoms with Crippen LogP contribution in [-0.4, -0.2) is 28.8 Å². The smallest absolute Gasteiger partial charge is 0.319 e. The molecule has 7 nitrogen and oxygen atoms in total. The number of hydrogen-bond acceptors (Lipinski definition) is 4. The van der Waals surface area contributed by atoms with Gasteiger partial charge in [0.05, 0.1) is 12.0 Å². The highest BCUT2D eigenvalue weighted by atomic mass is 79.9. The Bertz CT molecular complexity index is 976. The topological polar surface area (TPSA) is 77.4 Å². The minimum atomic E-state index is -0.296. The normalized spacial score (nSPS) is 12.5. The summed E-state index contributed by atoms with van der Waals surface area (Å²) in [4.78, 5) is 16.5. The van der Waals surface area contributed by atoms with Crippen molar-refractivity contribution in [1.29, 1.82) is 0 Å². The van der Waals surface area contributed by atoms with Crippen molar-refractivity contribution in [2.45, 2.75) is 13.1 Å². The summed E-state index contributed by atoms with van der Waals surface area (Å²) in [7, 11) is 0. The first-order valence-electron chi connectivity index (χ1n) is 8.85. The summed E-state index contributed by atoms with van der Waals surface area (Å²) < 4.78 is 13.8. The van der Waals surface area contributed by atoms with E-state index in [1.807, 2.05) is 35.0 Å². The third-order valence-corrected chi connectivity index (χ3v) is 5.01. The maximum atomic E-state index is 12.4. The quantitative estimate of drug-likeness (QED) is 0.629. The van der Waals surface area contributed by atoms with Crippen molar-refractivity contribution < 1.29 is 14.3 Å². The zero-order valence-electron chi connectivity index (χ0n) is 15.0. The molecule has 8 heteroatoms. The van der Waals surface area contributed by atoms with E-state index in [0.717, 1.165) is 15.6 Å². The van der Waals surface area contributed by atoms with Crippen molar-refractivity contribution in [3.05, 3.63) is 70.7 Å². The summed E-state index contributed by atoms with van der Waals surface area (Å²) >= 11 is 3.46. The summed E-state index contributed by atoms with van der Waals surface area (Å²) in [5, 5.41) is 5.75. The van der Waals surface area contributed by atoms with Gasteiger partial charge >= 0.3 is 6.03 Å². The predicted molar refractivity (Wildman–Crippen MR) is 109 cm³/mol. The molecule has 4 rings (SSSR count).